The molecular weight excluding hydrogens is 372 g/mol. The van der Waals surface area contributed by atoms with Crippen molar-refractivity contribution < 1.29 is 13.2 Å². The molecule has 0 saturated carbocycles. The van der Waals surface area contributed by atoms with Crippen LogP contribution in [0.3, 0.4) is 0 Å². The van der Waals surface area contributed by atoms with Crippen molar-refractivity contribution in [3.63, 3.8) is 0 Å². The molecule has 2 aliphatic rings. The minimum absolute atomic E-state index is 0.0131. The summed E-state index contributed by atoms with van der Waals surface area (Å²) in [4.78, 5) is 16.5. The Kier molecular flexibility index (Phi) is 4.00. The molecule has 2 aliphatic heterocycles. The fraction of sp³-hybridized carbons (Fsp3) is 0.316. The number of anilines is 2. The van der Waals surface area contributed by atoms with Gasteiger partial charge in [0.2, 0.25) is 0 Å². The van der Waals surface area contributed by atoms with Gasteiger partial charge in [0.15, 0.2) is 9.84 Å². The molecule has 0 N–H and O–H groups in total. The third-order valence-electron chi connectivity index (χ3n) is 5.09. The van der Waals surface area contributed by atoms with Gasteiger partial charge in [0, 0.05) is 16.4 Å². The van der Waals surface area contributed by atoms with Gasteiger partial charge in [0.1, 0.15) is 0 Å². The number of carbonyl (C=O) groups is 1. The number of nitrogens with zero attached hydrogens (tertiary/aromatic N) is 2. The molecule has 0 bridgehead atoms. The summed E-state index contributed by atoms with van der Waals surface area (Å²) in [6, 6.07) is 11.8. The third kappa shape index (κ3) is 2.77. The maximum atomic E-state index is 13.3. The van der Waals surface area contributed by atoms with Gasteiger partial charge >= 0.3 is 6.03 Å². The van der Waals surface area contributed by atoms with Crippen molar-refractivity contribution in [3.8, 4) is 0 Å². The topological polar surface area (TPSA) is 57.7 Å². The van der Waals surface area contributed by atoms with Crippen LogP contribution < -0.4 is 9.80 Å². The Labute approximate surface area is 158 Å². The van der Waals surface area contributed by atoms with Gasteiger partial charge in [-0.15, -0.1) is 0 Å². The first kappa shape index (κ1) is 17.4. The summed E-state index contributed by atoms with van der Waals surface area (Å²) in [6.07, 6.45) is 0. The van der Waals surface area contributed by atoms with E-state index in [-0.39, 0.29) is 23.6 Å². The van der Waals surface area contributed by atoms with Crippen LogP contribution in [0.2, 0.25) is 5.02 Å². The van der Waals surface area contributed by atoms with Crippen molar-refractivity contribution in [3.05, 3.63) is 58.6 Å². The highest BCUT2D eigenvalue weighted by atomic mass is 35.5. The van der Waals surface area contributed by atoms with Crippen LogP contribution >= 0.6 is 11.6 Å². The average molecular weight is 391 g/mol. The fourth-order valence-corrected chi connectivity index (χ4v) is 6.01. The number of hydrogen-bond acceptors (Lipinski definition) is 3. The average Bonchev–Trinajstić information content (AvgIpc) is 2.99. The Morgan fingerprint density at radius 1 is 0.962 bits per heavy atom. The summed E-state index contributed by atoms with van der Waals surface area (Å²) in [5, 5.41) is 0.572. The van der Waals surface area contributed by atoms with Crippen LogP contribution in [0.5, 0.6) is 0 Å². The molecule has 0 aliphatic carbocycles. The maximum absolute atomic E-state index is 13.3. The molecule has 0 aromatic heterocycles. The number of hydrogen-bond donors (Lipinski definition) is 0. The number of urea groups is 1. The molecule has 2 atom stereocenters. The van der Waals surface area contributed by atoms with Crippen molar-refractivity contribution in [1.29, 1.82) is 0 Å². The van der Waals surface area contributed by atoms with Gasteiger partial charge in [-0.1, -0.05) is 29.3 Å². The fourth-order valence-electron chi connectivity index (χ4n) is 3.96. The van der Waals surface area contributed by atoms with Crippen molar-refractivity contribution in [2.45, 2.75) is 25.9 Å². The van der Waals surface area contributed by atoms with Crippen molar-refractivity contribution >= 4 is 38.8 Å². The molecule has 0 radical (unpaired) electrons. The largest absolute Gasteiger partial charge is 0.329 e. The van der Waals surface area contributed by atoms with Gasteiger partial charge in [-0.05, 0) is 49.7 Å². The summed E-state index contributed by atoms with van der Waals surface area (Å²) in [5.74, 6) is -0.0335. The first-order chi connectivity index (χ1) is 12.3. The predicted octanol–water partition coefficient (Wildman–Crippen LogP) is 3.57. The highest BCUT2D eigenvalue weighted by Crippen LogP contribution is 2.39. The van der Waals surface area contributed by atoms with Gasteiger partial charge in [-0.3, -0.25) is 9.80 Å². The maximum Gasteiger partial charge on any atom is 0.329 e. The van der Waals surface area contributed by atoms with Crippen LogP contribution in [0.4, 0.5) is 16.2 Å². The first-order valence-corrected chi connectivity index (χ1v) is 10.6. The van der Waals surface area contributed by atoms with Gasteiger partial charge in [0.25, 0.3) is 0 Å². The SMILES string of the molecule is Cc1ccc(N2C(=O)N(c3ccc(Cl)cc3)[C@@H]3CS(=O)(=O)C[C@@H]32)c(C)c1. The van der Waals surface area contributed by atoms with E-state index in [0.29, 0.717) is 10.7 Å². The van der Waals surface area contributed by atoms with E-state index in [2.05, 4.69) is 0 Å². The van der Waals surface area contributed by atoms with Crippen LogP contribution in [0.15, 0.2) is 42.5 Å². The first-order valence-electron chi connectivity index (χ1n) is 8.42. The molecule has 7 heteroatoms. The lowest BCUT2D eigenvalue weighted by molar-refractivity contribution is 0.255. The molecule has 5 nitrogen and oxygen atoms in total. The highest BCUT2D eigenvalue weighted by Gasteiger charge is 2.54. The van der Waals surface area contributed by atoms with Gasteiger partial charge in [0.05, 0.1) is 23.6 Å². The molecule has 4 rings (SSSR count). The van der Waals surface area contributed by atoms with E-state index in [4.69, 9.17) is 11.6 Å². The van der Waals surface area contributed by atoms with Crippen LogP contribution in [-0.4, -0.2) is 38.0 Å². The summed E-state index contributed by atoms with van der Waals surface area (Å²) >= 11 is 5.96. The van der Waals surface area contributed by atoms with Crippen molar-refractivity contribution in [2.24, 2.45) is 0 Å². The molecule has 0 unspecified atom stereocenters. The number of amides is 2. The molecule has 2 aromatic rings. The second kappa shape index (κ2) is 5.99. The number of halogens is 1. The number of fused-ring (bicyclic) bond motifs is 1. The van der Waals surface area contributed by atoms with E-state index in [9.17, 15) is 13.2 Å². The van der Waals surface area contributed by atoms with E-state index >= 15 is 0 Å². The molecule has 136 valence electrons. The lowest BCUT2D eigenvalue weighted by Crippen LogP contribution is -2.38. The van der Waals surface area contributed by atoms with Crippen LogP contribution in [0, 0.1) is 13.8 Å². The number of carbonyl (C=O) groups excluding carboxylic acids is 1. The Bertz CT molecular complexity index is 988. The number of benzene rings is 2. The molecule has 2 saturated heterocycles. The summed E-state index contributed by atoms with van der Waals surface area (Å²) < 4.78 is 24.6. The molecule has 2 heterocycles. The smallest absolute Gasteiger partial charge is 0.288 e. The van der Waals surface area contributed by atoms with Gasteiger partial charge in [-0.2, -0.15) is 0 Å². The second-order valence-electron chi connectivity index (χ2n) is 7.00. The number of rotatable bonds is 2. The Balaban J connectivity index is 1.82. The zero-order valence-corrected chi connectivity index (χ0v) is 16.1. The number of aryl methyl sites for hydroxylation is 2. The standard InChI is InChI=1S/C19H19ClN2O3S/c1-12-3-8-16(13(2)9-12)22-18-11-26(24,25)10-17(18)21(19(22)23)15-6-4-14(20)5-7-15/h3-9,17-18H,10-11H2,1-2H3/t17-,18+/m1/s1. The minimum Gasteiger partial charge on any atom is -0.288 e. The summed E-state index contributed by atoms with van der Waals surface area (Å²) in [7, 11) is -3.20. The van der Waals surface area contributed by atoms with Gasteiger partial charge < -0.3 is 0 Å². The quantitative estimate of drug-likeness (QED) is 0.736. The van der Waals surface area contributed by atoms with E-state index in [1.165, 1.54) is 0 Å². The van der Waals surface area contributed by atoms with Gasteiger partial charge in [-0.25, -0.2) is 13.2 Å². The van der Waals surface area contributed by atoms with Crippen LogP contribution in [0.25, 0.3) is 0 Å². The molecule has 2 amide bonds. The monoisotopic (exact) mass is 390 g/mol. The Morgan fingerprint density at radius 2 is 1.58 bits per heavy atom. The normalized spacial score (nSPS) is 24.2. The van der Waals surface area contributed by atoms with E-state index in [0.717, 1.165) is 16.8 Å². The molecule has 26 heavy (non-hydrogen) atoms. The number of sulfone groups is 1. The van der Waals surface area contributed by atoms with E-state index in [1.54, 1.807) is 34.1 Å². The van der Waals surface area contributed by atoms with E-state index in [1.807, 2.05) is 32.0 Å². The molecule has 0 spiro atoms. The molecular formula is C19H19ClN2O3S. The van der Waals surface area contributed by atoms with Crippen LogP contribution in [0.1, 0.15) is 11.1 Å². The zero-order chi connectivity index (χ0) is 18.6. The van der Waals surface area contributed by atoms with Crippen molar-refractivity contribution in [1.82, 2.24) is 0 Å². The van der Waals surface area contributed by atoms with Crippen LogP contribution in [-0.2, 0) is 9.84 Å². The minimum atomic E-state index is -3.20. The van der Waals surface area contributed by atoms with E-state index < -0.39 is 15.9 Å². The third-order valence-corrected chi connectivity index (χ3v) is 7.04. The summed E-state index contributed by atoms with van der Waals surface area (Å²) in [6.45, 7) is 3.93. The lowest BCUT2D eigenvalue weighted by atomic mass is 10.1. The Hall–Kier alpha value is -2.05. The highest BCUT2D eigenvalue weighted by molar-refractivity contribution is 7.91. The van der Waals surface area contributed by atoms with Crippen molar-refractivity contribution in [2.75, 3.05) is 21.3 Å². The summed E-state index contributed by atoms with van der Waals surface area (Å²) in [5.41, 5.74) is 3.49. The molecule has 2 aromatic carbocycles. The molecule has 2 fully saturated rings. The zero-order valence-electron chi connectivity index (χ0n) is 14.5. The Morgan fingerprint density at radius 3 is 2.19 bits per heavy atom. The lowest BCUT2D eigenvalue weighted by Gasteiger charge is -2.24. The second-order valence-corrected chi connectivity index (χ2v) is 9.59. The predicted molar refractivity (Wildman–Crippen MR) is 104 cm³/mol.